The Morgan fingerprint density at radius 3 is 2.38 bits per heavy atom. The molecule has 0 aromatic heterocycles. The summed E-state index contributed by atoms with van der Waals surface area (Å²) in [5, 5.41) is 13.1. The molecule has 10 atom stereocenters. The zero-order valence-corrected chi connectivity index (χ0v) is 21.2. The Hall–Kier alpha value is -0.900. The molecule has 182 valence electrons. The van der Waals surface area contributed by atoms with Crippen molar-refractivity contribution in [3.8, 4) is 0 Å². The van der Waals surface area contributed by atoms with Crippen molar-refractivity contribution in [2.45, 2.75) is 105 Å². The number of nitrogens with one attached hydrogen (secondary N) is 1. The molecule has 4 unspecified atom stereocenters. The molecule has 0 aromatic rings. The van der Waals surface area contributed by atoms with Gasteiger partial charge in [-0.15, -0.1) is 0 Å². The molecule has 2 N–H and O–H groups in total. The van der Waals surface area contributed by atoms with Gasteiger partial charge in [-0.25, -0.2) is 0 Å². The second-order valence-electron chi connectivity index (χ2n) is 12.8. The van der Waals surface area contributed by atoms with E-state index in [-0.39, 0.29) is 30.3 Å². The summed E-state index contributed by atoms with van der Waals surface area (Å²) in [4.78, 5) is 23.7. The van der Waals surface area contributed by atoms with Crippen molar-refractivity contribution >= 4 is 11.7 Å². The van der Waals surface area contributed by atoms with Crippen LogP contribution in [0.4, 0.5) is 0 Å². The molecule has 4 saturated carbocycles. The van der Waals surface area contributed by atoms with Gasteiger partial charge in [-0.2, -0.15) is 0 Å². The van der Waals surface area contributed by atoms with E-state index in [2.05, 4.69) is 26.1 Å². The smallest absolute Gasteiger partial charge is 0.223 e. The minimum Gasteiger partial charge on any atom is -0.393 e. The maximum Gasteiger partial charge on any atom is 0.223 e. The Morgan fingerprint density at radius 2 is 1.66 bits per heavy atom. The van der Waals surface area contributed by atoms with E-state index in [0.29, 0.717) is 22.7 Å². The SMILES string of the molecule is CC(=O)CNC(=O)[C@@H](C)C[C@@H](C)[C@H]1CCC2C3CCC4C[C@H](O)CC[C@]4(C)C3CC[C@@]21C. The first-order valence-electron chi connectivity index (χ1n) is 13.5. The van der Waals surface area contributed by atoms with Crippen LogP contribution in [0.2, 0.25) is 0 Å². The van der Waals surface area contributed by atoms with E-state index in [0.717, 1.165) is 42.9 Å². The third kappa shape index (κ3) is 4.18. The van der Waals surface area contributed by atoms with Crippen LogP contribution in [0.25, 0.3) is 0 Å². The standard InChI is InChI=1S/C28H47NO3/c1-17(14-18(2)26(32)29-16-19(3)30)23-8-9-24-22-7-6-20-15-21(31)10-12-27(20,4)25(22)11-13-28(23,24)5/h17-18,20-25,31H,6-16H2,1-5H3,(H,29,32)/t17-,18+,20?,21-,22?,23-,24?,25?,27+,28-/m1/s1. The highest BCUT2D eigenvalue weighted by Gasteiger charge is 2.60. The number of carbonyl (C=O) groups is 2. The average Bonchev–Trinajstić information content (AvgIpc) is 3.09. The highest BCUT2D eigenvalue weighted by molar-refractivity contribution is 5.85. The number of rotatable bonds is 6. The second kappa shape index (κ2) is 9.04. The van der Waals surface area contributed by atoms with E-state index in [1.165, 1.54) is 51.9 Å². The second-order valence-corrected chi connectivity index (χ2v) is 12.8. The van der Waals surface area contributed by atoms with E-state index in [4.69, 9.17) is 0 Å². The van der Waals surface area contributed by atoms with Crippen LogP contribution in [0.1, 0.15) is 98.8 Å². The molecule has 0 aliphatic heterocycles. The highest BCUT2D eigenvalue weighted by atomic mass is 16.3. The van der Waals surface area contributed by atoms with Gasteiger partial charge in [0.05, 0.1) is 12.6 Å². The topological polar surface area (TPSA) is 66.4 Å². The fourth-order valence-electron chi connectivity index (χ4n) is 9.43. The summed E-state index contributed by atoms with van der Waals surface area (Å²) >= 11 is 0. The van der Waals surface area contributed by atoms with Crippen molar-refractivity contribution < 1.29 is 14.7 Å². The van der Waals surface area contributed by atoms with Gasteiger partial charge in [-0.1, -0.05) is 27.7 Å². The van der Waals surface area contributed by atoms with E-state index in [1.54, 1.807) is 0 Å². The summed E-state index contributed by atoms with van der Waals surface area (Å²) in [5.41, 5.74) is 0.851. The predicted octanol–water partition coefficient (Wildman–Crippen LogP) is 5.37. The Labute approximate surface area is 195 Å². The molecule has 4 fully saturated rings. The molecule has 0 radical (unpaired) electrons. The largest absolute Gasteiger partial charge is 0.393 e. The summed E-state index contributed by atoms with van der Waals surface area (Å²) in [6.07, 6.45) is 12.2. The Balaban J connectivity index is 1.42. The highest BCUT2D eigenvalue weighted by Crippen LogP contribution is 2.68. The van der Waals surface area contributed by atoms with Crippen LogP contribution in [0.15, 0.2) is 0 Å². The van der Waals surface area contributed by atoms with Gasteiger partial charge < -0.3 is 10.4 Å². The Bertz CT molecular complexity index is 721. The van der Waals surface area contributed by atoms with Crippen molar-refractivity contribution in [3.63, 3.8) is 0 Å². The molecule has 0 aromatic carbocycles. The van der Waals surface area contributed by atoms with Crippen LogP contribution in [0, 0.1) is 52.3 Å². The van der Waals surface area contributed by atoms with Crippen molar-refractivity contribution in [2.75, 3.05) is 6.54 Å². The number of amides is 1. The lowest BCUT2D eigenvalue weighted by atomic mass is 9.44. The van der Waals surface area contributed by atoms with Crippen LogP contribution in [-0.2, 0) is 9.59 Å². The molecule has 0 heterocycles. The fourth-order valence-corrected chi connectivity index (χ4v) is 9.43. The maximum absolute atomic E-state index is 12.5. The average molecular weight is 446 g/mol. The summed E-state index contributed by atoms with van der Waals surface area (Å²) in [7, 11) is 0. The summed E-state index contributed by atoms with van der Waals surface area (Å²) in [6.45, 7) is 11.2. The Kier molecular flexibility index (Phi) is 6.85. The fraction of sp³-hybridized carbons (Fsp3) is 0.929. The van der Waals surface area contributed by atoms with Crippen molar-refractivity contribution in [3.05, 3.63) is 0 Å². The molecule has 0 saturated heterocycles. The molecule has 4 aliphatic rings. The first kappa shape index (κ1) is 24.2. The predicted molar refractivity (Wildman–Crippen MR) is 128 cm³/mol. The first-order valence-corrected chi connectivity index (χ1v) is 13.5. The molecular formula is C28H47NO3. The van der Waals surface area contributed by atoms with Gasteiger partial charge in [-0.3, -0.25) is 9.59 Å². The zero-order chi connectivity index (χ0) is 23.3. The van der Waals surface area contributed by atoms with Gasteiger partial charge in [0.25, 0.3) is 0 Å². The maximum atomic E-state index is 12.5. The number of Topliss-reactive ketones (excluding diaryl/α,β-unsaturated/α-hetero) is 1. The number of aliphatic hydroxyl groups excluding tert-OH is 1. The lowest BCUT2D eigenvalue weighted by molar-refractivity contribution is -0.131. The first-order chi connectivity index (χ1) is 15.1. The number of ketones is 1. The number of hydrogen-bond donors (Lipinski definition) is 2. The van der Waals surface area contributed by atoms with Crippen LogP contribution < -0.4 is 5.32 Å². The summed E-state index contributed by atoms with van der Waals surface area (Å²) < 4.78 is 0. The van der Waals surface area contributed by atoms with Gasteiger partial charge in [0.2, 0.25) is 5.91 Å². The summed E-state index contributed by atoms with van der Waals surface area (Å²) in [6, 6.07) is 0. The van der Waals surface area contributed by atoms with E-state index in [9.17, 15) is 14.7 Å². The van der Waals surface area contributed by atoms with Crippen molar-refractivity contribution in [1.29, 1.82) is 0 Å². The minimum absolute atomic E-state index is 0.0115. The molecule has 4 nitrogen and oxygen atoms in total. The molecule has 4 rings (SSSR count). The van der Waals surface area contributed by atoms with E-state index in [1.807, 2.05) is 6.92 Å². The van der Waals surface area contributed by atoms with Crippen LogP contribution in [-0.4, -0.2) is 29.4 Å². The molecule has 4 heteroatoms. The monoisotopic (exact) mass is 445 g/mol. The molecule has 1 amide bonds. The van der Waals surface area contributed by atoms with Crippen molar-refractivity contribution in [1.82, 2.24) is 5.32 Å². The van der Waals surface area contributed by atoms with E-state index >= 15 is 0 Å². The number of aliphatic hydroxyl groups is 1. The molecule has 0 bridgehead atoms. The van der Waals surface area contributed by atoms with Gasteiger partial charge in [0.1, 0.15) is 5.78 Å². The molecular weight excluding hydrogens is 398 g/mol. The summed E-state index contributed by atoms with van der Waals surface area (Å²) in [5.74, 6) is 4.51. The van der Waals surface area contributed by atoms with Crippen LogP contribution in [0.3, 0.4) is 0 Å². The van der Waals surface area contributed by atoms with Gasteiger partial charge in [0, 0.05) is 5.92 Å². The van der Waals surface area contributed by atoms with Crippen LogP contribution >= 0.6 is 0 Å². The van der Waals surface area contributed by atoms with Gasteiger partial charge in [-0.05, 0) is 117 Å². The third-order valence-corrected chi connectivity index (χ3v) is 11.1. The quantitative estimate of drug-likeness (QED) is 0.577. The zero-order valence-electron chi connectivity index (χ0n) is 21.2. The molecule has 0 spiro atoms. The number of carbonyl (C=O) groups excluding carboxylic acids is 2. The minimum atomic E-state index is -0.0650. The van der Waals surface area contributed by atoms with Crippen LogP contribution in [0.5, 0.6) is 0 Å². The van der Waals surface area contributed by atoms with E-state index < -0.39 is 0 Å². The van der Waals surface area contributed by atoms with Crippen molar-refractivity contribution in [2.24, 2.45) is 52.3 Å². The normalized spacial score (nSPS) is 45.2. The number of fused-ring (bicyclic) bond motifs is 5. The lowest BCUT2D eigenvalue weighted by Gasteiger charge is -2.61. The lowest BCUT2D eigenvalue weighted by Crippen LogP contribution is -2.54. The third-order valence-electron chi connectivity index (χ3n) is 11.1. The van der Waals surface area contributed by atoms with Gasteiger partial charge >= 0.3 is 0 Å². The molecule has 32 heavy (non-hydrogen) atoms. The molecule has 4 aliphatic carbocycles. The van der Waals surface area contributed by atoms with Gasteiger partial charge in [0.15, 0.2) is 0 Å². The number of hydrogen-bond acceptors (Lipinski definition) is 3. The Morgan fingerprint density at radius 1 is 0.969 bits per heavy atom.